The van der Waals surface area contributed by atoms with Gasteiger partial charge < -0.3 is 9.73 Å². The molecule has 2 heteroatoms. The van der Waals surface area contributed by atoms with Crippen molar-refractivity contribution in [2.45, 2.75) is 31.7 Å². The summed E-state index contributed by atoms with van der Waals surface area (Å²) >= 11 is 0. The van der Waals surface area contributed by atoms with Gasteiger partial charge in [-0.1, -0.05) is 29.8 Å². The van der Waals surface area contributed by atoms with Gasteiger partial charge in [0.2, 0.25) is 0 Å². The van der Waals surface area contributed by atoms with E-state index in [1.807, 2.05) is 25.4 Å². The first-order chi connectivity index (χ1) is 8.90. The molecule has 1 aliphatic rings. The summed E-state index contributed by atoms with van der Waals surface area (Å²) in [4.78, 5) is 0. The zero-order valence-corrected chi connectivity index (χ0v) is 10.8. The molecule has 1 unspecified atom stereocenters. The monoisotopic (exact) mass is 241 g/mol. The number of allylic oxidation sites excluding steroid dienone is 1. The van der Waals surface area contributed by atoms with E-state index in [2.05, 4.69) is 23.5 Å². The van der Waals surface area contributed by atoms with Crippen LogP contribution in [0.5, 0.6) is 0 Å². The maximum Gasteiger partial charge on any atom is 0.134 e. The maximum absolute atomic E-state index is 5.66. The van der Waals surface area contributed by atoms with Crippen molar-refractivity contribution in [3.05, 3.63) is 47.7 Å². The van der Waals surface area contributed by atoms with Gasteiger partial charge in [0, 0.05) is 10.9 Å². The van der Waals surface area contributed by atoms with Crippen LogP contribution in [-0.4, -0.2) is 7.05 Å². The van der Waals surface area contributed by atoms with Gasteiger partial charge in [0.15, 0.2) is 0 Å². The maximum atomic E-state index is 5.66. The summed E-state index contributed by atoms with van der Waals surface area (Å²) in [5, 5.41) is 4.66. The van der Waals surface area contributed by atoms with Gasteiger partial charge in [-0.05, 0) is 38.8 Å². The van der Waals surface area contributed by atoms with E-state index in [4.69, 9.17) is 4.42 Å². The molecule has 3 rings (SSSR count). The van der Waals surface area contributed by atoms with Gasteiger partial charge in [-0.2, -0.15) is 0 Å². The lowest BCUT2D eigenvalue weighted by Gasteiger charge is -2.22. The summed E-state index contributed by atoms with van der Waals surface area (Å²) in [6, 6.07) is 8.56. The topological polar surface area (TPSA) is 25.2 Å². The Labute approximate surface area is 108 Å². The molecule has 0 fully saturated rings. The van der Waals surface area contributed by atoms with Gasteiger partial charge >= 0.3 is 0 Å². The van der Waals surface area contributed by atoms with Gasteiger partial charge in [-0.3, -0.25) is 0 Å². The molecule has 2 nitrogen and oxygen atoms in total. The Morgan fingerprint density at radius 3 is 2.89 bits per heavy atom. The Kier molecular flexibility index (Phi) is 3.20. The summed E-state index contributed by atoms with van der Waals surface area (Å²) in [6.07, 6.45) is 9.34. The first kappa shape index (κ1) is 11.5. The molecule has 0 spiro atoms. The molecule has 1 aromatic carbocycles. The fraction of sp³-hybridized carbons (Fsp3) is 0.375. The number of furan rings is 1. The van der Waals surface area contributed by atoms with Crippen LogP contribution in [0.2, 0.25) is 0 Å². The standard InChI is InChI=1S/C16H19NO/c1-17-16(12-7-3-2-4-8-12)14-11-18-15-10-6-5-9-13(14)15/h5-7,9-11,16-17H,2-4,8H2,1H3. The minimum atomic E-state index is 0.300. The summed E-state index contributed by atoms with van der Waals surface area (Å²) in [5.41, 5.74) is 3.75. The van der Waals surface area contributed by atoms with Gasteiger partial charge in [0.25, 0.3) is 0 Å². The summed E-state index contributed by atoms with van der Waals surface area (Å²) < 4.78 is 5.66. The number of nitrogens with one attached hydrogen (secondary N) is 1. The molecule has 94 valence electrons. The molecule has 1 atom stereocenters. The SMILES string of the molecule is CNC(C1=CCCCC1)c1coc2ccccc12. The minimum Gasteiger partial charge on any atom is -0.464 e. The Morgan fingerprint density at radius 1 is 1.22 bits per heavy atom. The summed E-state index contributed by atoms with van der Waals surface area (Å²) in [7, 11) is 2.03. The molecule has 1 N–H and O–H groups in total. The first-order valence-corrected chi connectivity index (χ1v) is 6.72. The van der Waals surface area contributed by atoms with Crippen LogP contribution in [0.4, 0.5) is 0 Å². The van der Waals surface area contributed by atoms with Crippen molar-refractivity contribution in [1.82, 2.24) is 5.32 Å². The lowest BCUT2D eigenvalue weighted by molar-refractivity contribution is 0.571. The third-order valence-electron chi connectivity index (χ3n) is 3.81. The van der Waals surface area contributed by atoms with E-state index in [-0.39, 0.29) is 0 Å². The zero-order valence-electron chi connectivity index (χ0n) is 10.8. The Hall–Kier alpha value is -1.54. The van der Waals surface area contributed by atoms with E-state index < -0.39 is 0 Å². The number of hydrogen-bond donors (Lipinski definition) is 1. The van der Waals surface area contributed by atoms with Gasteiger partial charge in [-0.15, -0.1) is 0 Å². The highest BCUT2D eigenvalue weighted by Gasteiger charge is 2.20. The largest absolute Gasteiger partial charge is 0.464 e. The van der Waals surface area contributed by atoms with E-state index in [9.17, 15) is 0 Å². The Morgan fingerprint density at radius 2 is 2.11 bits per heavy atom. The molecule has 2 aromatic rings. The van der Waals surface area contributed by atoms with Crippen LogP contribution in [0.25, 0.3) is 11.0 Å². The van der Waals surface area contributed by atoms with Crippen molar-refractivity contribution in [2.24, 2.45) is 0 Å². The summed E-state index contributed by atoms with van der Waals surface area (Å²) in [5.74, 6) is 0. The predicted molar refractivity (Wildman–Crippen MR) is 74.6 cm³/mol. The molecular formula is C16H19NO. The zero-order chi connectivity index (χ0) is 12.4. The van der Waals surface area contributed by atoms with E-state index in [1.54, 1.807) is 0 Å². The van der Waals surface area contributed by atoms with Crippen LogP contribution in [-0.2, 0) is 0 Å². The molecule has 1 aromatic heterocycles. The van der Waals surface area contributed by atoms with Crippen molar-refractivity contribution in [3.8, 4) is 0 Å². The van der Waals surface area contributed by atoms with Crippen LogP contribution >= 0.6 is 0 Å². The van der Waals surface area contributed by atoms with Gasteiger partial charge in [0.05, 0.1) is 12.3 Å². The third-order valence-corrected chi connectivity index (χ3v) is 3.81. The lowest BCUT2D eigenvalue weighted by Crippen LogP contribution is -2.19. The average molecular weight is 241 g/mol. The van der Waals surface area contributed by atoms with Crippen molar-refractivity contribution in [3.63, 3.8) is 0 Å². The normalized spacial score (nSPS) is 17.7. The number of fused-ring (bicyclic) bond motifs is 1. The molecule has 0 bridgehead atoms. The van der Waals surface area contributed by atoms with E-state index >= 15 is 0 Å². The van der Waals surface area contributed by atoms with Crippen LogP contribution < -0.4 is 5.32 Å². The number of rotatable bonds is 3. The Bertz CT molecular complexity index is 567. The van der Waals surface area contributed by atoms with Crippen molar-refractivity contribution >= 4 is 11.0 Å². The van der Waals surface area contributed by atoms with Crippen molar-refractivity contribution < 1.29 is 4.42 Å². The van der Waals surface area contributed by atoms with Crippen molar-refractivity contribution in [1.29, 1.82) is 0 Å². The Balaban J connectivity index is 2.03. The molecule has 1 heterocycles. The molecule has 0 saturated heterocycles. The molecule has 0 amide bonds. The number of likely N-dealkylation sites (N-methyl/N-ethyl adjacent to an activating group) is 1. The van der Waals surface area contributed by atoms with Crippen LogP contribution in [0.15, 0.2) is 46.6 Å². The van der Waals surface area contributed by atoms with E-state index in [0.29, 0.717) is 6.04 Å². The fourth-order valence-electron chi connectivity index (χ4n) is 2.89. The van der Waals surface area contributed by atoms with Gasteiger partial charge in [0.1, 0.15) is 5.58 Å². The second-order valence-electron chi connectivity index (χ2n) is 4.93. The van der Waals surface area contributed by atoms with E-state index in [0.717, 1.165) is 5.58 Å². The number of hydrogen-bond acceptors (Lipinski definition) is 2. The molecule has 0 radical (unpaired) electrons. The second kappa shape index (κ2) is 4.99. The fourth-order valence-corrected chi connectivity index (χ4v) is 2.89. The molecular weight excluding hydrogens is 222 g/mol. The molecule has 18 heavy (non-hydrogen) atoms. The first-order valence-electron chi connectivity index (χ1n) is 6.72. The highest BCUT2D eigenvalue weighted by atomic mass is 16.3. The highest BCUT2D eigenvalue weighted by Crippen LogP contribution is 2.34. The molecule has 1 aliphatic carbocycles. The number of benzene rings is 1. The summed E-state index contributed by atoms with van der Waals surface area (Å²) in [6.45, 7) is 0. The quantitative estimate of drug-likeness (QED) is 0.815. The van der Waals surface area contributed by atoms with Crippen molar-refractivity contribution in [2.75, 3.05) is 7.05 Å². The van der Waals surface area contributed by atoms with Crippen LogP contribution in [0, 0.1) is 0 Å². The number of para-hydroxylation sites is 1. The molecule has 0 saturated carbocycles. The van der Waals surface area contributed by atoms with Crippen LogP contribution in [0.3, 0.4) is 0 Å². The third kappa shape index (κ3) is 1.97. The van der Waals surface area contributed by atoms with E-state index in [1.165, 1.54) is 42.2 Å². The smallest absolute Gasteiger partial charge is 0.134 e. The minimum absolute atomic E-state index is 0.300. The van der Waals surface area contributed by atoms with Crippen LogP contribution in [0.1, 0.15) is 37.3 Å². The molecule has 0 aliphatic heterocycles. The lowest BCUT2D eigenvalue weighted by atomic mass is 9.90. The van der Waals surface area contributed by atoms with Gasteiger partial charge in [-0.25, -0.2) is 0 Å². The average Bonchev–Trinajstić information content (AvgIpc) is 2.85. The second-order valence-corrected chi connectivity index (χ2v) is 4.93. The predicted octanol–water partition coefficient (Wildman–Crippen LogP) is 4.19. The highest BCUT2D eigenvalue weighted by molar-refractivity contribution is 5.81.